The van der Waals surface area contributed by atoms with Crippen molar-refractivity contribution in [3.8, 4) is 0 Å². The molecule has 0 atom stereocenters. The zero-order valence-electron chi connectivity index (χ0n) is 4.96. The second-order valence-electron chi connectivity index (χ2n) is 1.66. The van der Waals surface area contributed by atoms with E-state index in [2.05, 4.69) is 0 Å². The van der Waals surface area contributed by atoms with E-state index in [4.69, 9.17) is 9.90 Å². The van der Waals surface area contributed by atoms with Crippen LogP contribution in [0.2, 0.25) is 0 Å². The van der Waals surface area contributed by atoms with Gasteiger partial charge in [-0.2, -0.15) is 0 Å². The minimum Gasteiger partial charge on any atom is -0.478 e. The van der Waals surface area contributed by atoms with Gasteiger partial charge in [-0.25, -0.2) is 9.59 Å². The number of hydrogen-bond donors (Lipinski definition) is 1. The Morgan fingerprint density at radius 1 is 1.44 bits per heavy atom. The molecule has 0 aliphatic heterocycles. The Bertz CT molecular complexity index is 128. The number of carbonyl (C=O) groups is 1. The summed E-state index contributed by atoms with van der Waals surface area (Å²) >= 11 is 0. The summed E-state index contributed by atoms with van der Waals surface area (Å²) in [6.07, 6.45) is 4.90. The van der Waals surface area contributed by atoms with Gasteiger partial charge in [0.15, 0.2) is 0 Å². The highest BCUT2D eigenvalue weighted by Crippen LogP contribution is 2.14. The van der Waals surface area contributed by atoms with E-state index < -0.39 is 5.97 Å². The zero-order chi connectivity index (χ0) is 7.11. The van der Waals surface area contributed by atoms with Crippen LogP contribution in [-0.2, 0) is 9.59 Å². The second kappa shape index (κ2) is 5.06. The van der Waals surface area contributed by atoms with Crippen molar-refractivity contribution >= 4 is 11.9 Å². The Labute approximate surface area is 53.0 Å². The summed E-state index contributed by atoms with van der Waals surface area (Å²) in [7, 11) is 0. The third kappa shape index (κ3) is 19.6. The van der Waals surface area contributed by atoms with Crippen LogP contribution in [0.15, 0.2) is 6.08 Å². The number of hydrogen-bond acceptors (Lipinski definition) is 2. The molecule has 0 aromatic carbocycles. The number of aliphatic carboxylic acids is 1. The highest BCUT2D eigenvalue weighted by molar-refractivity contribution is 5.88. The molecule has 0 spiro atoms. The summed E-state index contributed by atoms with van der Waals surface area (Å²) in [6, 6.07) is 0. The number of carboxylic acid groups (broad SMARTS) is 1. The van der Waals surface area contributed by atoms with Gasteiger partial charge in [0.05, 0.1) is 0 Å². The van der Waals surface area contributed by atoms with Gasteiger partial charge in [0.1, 0.15) is 12.0 Å². The van der Waals surface area contributed by atoms with Crippen LogP contribution in [0.25, 0.3) is 0 Å². The Hall–Kier alpha value is -1.08. The van der Waals surface area contributed by atoms with Gasteiger partial charge in [0.2, 0.25) is 0 Å². The molecule has 1 N–H and O–H groups in total. The molecule has 50 valence electrons. The average molecular weight is 128 g/mol. The Morgan fingerprint density at radius 2 is 1.89 bits per heavy atom. The van der Waals surface area contributed by atoms with Gasteiger partial charge < -0.3 is 5.11 Å². The fourth-order valence-electron chi connectivity index (χ4n) is 0.0504. The van der Waals surface area contributed by atoms with E-state index in [0.29, 0.717) is 6.08 Å². The van der Waals surface area contributed by atoms with E-state index in [1.165, 1.54) is 19.3 Å². The molecule has 9 heavy (non-hydrogen) atoms. The molecule has 1 aliphatic rings. The quantitative estimate of drug-likeness (QED) is 0.416. The fraction of sp³-hybridized carbons (Fsp3) is 0.500. The van der Waals surface area contributed by atoms with Crippen molar-refractivity contribution in [3.05, 3.63) is 6.08 Å². The Balaban J connectivity index is 0.000000173. The van der Waals surface area contributed by atoms with Crippen molar-refractivity contribution in [1.29, 1.82) is 0 Å². The highest BCUT2D eigenvalue weighted by atomic mass is 16.4. The van der Waals surface area contributed by atoms with Gasteiger partial charge in [0, 0.05) is 0 Å². The maximum atomic E-state index is 9.28. The lowest BCUT2D eigenvalue weighted by atomic mass is 10.7. The monoisotopic (exact) mass is 128 g/mol. The molecular formula is C6H8O3. The van der Waals surface area contributed by atoms with Gasteiger partial charge in [-0.05, 0) is 0 Å². The van der Waals surface area contributed by atoms with Gasteiger partial charge in [-0.3, -0.25) is 0 Å². The van der Waals surface area contributed by atoms with E-state index in [1.807, 2.05) is 0 Å². The maximum Gasteiger partial charge on any atom is 0.339 e. The number of carbonyl (C=O) groups excluding carboxylic acids is 1. The van der Waals surface area contributed by atoms with Crippen LogP contribution >= 0.6 is 0 Å². The predicted molar refractivity (Wildman–Crippen MR) is 31.8 cm³/mol. The molecule has 1 fully saturated rings. The van der Waals surface area contributed by atoms with Crippen LogP contribution in [0, 0.1) is 0 Å². The molecular weight excluding hydrogens is 120 g/mol. The molecule has 0 radical (unpaired) electrons. The van der Waals surface area contributed by atoms with Crippen LogP contribution in [0.5, 0.6) is 0 Å². The normalized spacial score (nSPS) is 12.0. The third-order valence-electron chi connectivity index (χ3n) is 0.536. The lowest BCUT2D eigenvalue weighted by Gasteiger charge is -1.62. The van der Waals surface area contributed by atoms with Crippen LogP contribution < -0.4 is 0 Å². The van der Waals surface area contributed by atoms with Gasteiger partial charge in [-0.15, -0.1) is 0 Å². The summed E-state index contributed by atoms with van der Waals surface area (Å²) in [5.74, 6) is -0.167. The summed E-state index contributed by atoms with van der Waals surface area (Å²) in [6.45, 7) is 0. The first-order valence-electron chi connectivity index (χ1n) is 2.71. The van der Waals surface area contributed by atoms with Crippen LogP contribution in [0.4, 0.5) is 0 Å². The Kier molecular flexibility index (Phi) is 4.46. The smallest absolute Gasteiger partial charge is 0.339 e. The molecule has 0 aromatic rings. The van der Waals surface area contributed by atoms with Crippen LogP contribution in [-0.4, -0.2) is 17.0 Å². The number of carboxylic acids is 1. The first-order chi connectivity index (χ1) is 4.27. The lowest BCUT2D eigenvalue weighted by Crippen LogP contribution is -1.84. The molecule has 0 unspecified atom stereocenters. The topological polar surface area (TPSA) is 54.4 Å². The highest BCUT2D eigenvalue weighted by Gasteiger charge is 1.95. The summed E-state index contributed by atoms with van der Waals surface area (Å²) < 4.78 is 0. The summed E-state index contributed by atoms with van der Waals surface area (Å²) in [5.41, 5.74) is 0. The maximum absolute atomic E-state index is 9.28. The summed E-state index contributed by atoms with van der Waals surface area (Å²) in [4.78, 5) is 18.3. The van der Waals surface area contributed by atoms with Crippen molar-refractivity contribution in [1.82, 2.24) is 0 Å². The van der Waals surface area contributed by atoms with Crippen molar-refractivity contribution in [2.75, 3.05) is 0 Å². The minimum absolute atomic E-state index is 0.403. The molecule has 0 heterocycles. The van der Waals surface area contributed by atoms with Gasteiger partial charge in [-0.1, -0.05) is 19.3 Å². The summed E-state index contributed by atoms with van der Waals surface area (Å²) in [5, 5.41) is 7.60. The fourth-order valence-corrected chi connectivity index (χ4v) is 0.0504. The minimum atomic E-state index is -1.26. The van der Waals surface area contributed by atoms with E-state index in [1.54, 1.807) is 0 Å². The molecule has 3 heteroatoms. The van der Waals surface area contributed by atoms with E-state index in [0.717, 1.165) is 5.94 Å². The molecule has 0 amide bonds. The van der Waals surface area contributed by atoms with E-state index in [-0.39, 0.29) is 0 Å². The third-order valence-corrected chi connectivity index (χ3v) is 0.536. The first kappa shape index (κ1) is 7.92. The van der Waals surface area contributed by atoms with E-state index >= 15 is 0 Å². The SMILES string of the molecule is C1CC1.O=C=CC(=O)O. The average Bonchev–Trinajstić information content (AvgIpc) is 2.45. The second-order valence-corrected chi connectivity index (χ2v) is 1.66. The molecule has 0 bridgehead atoms. The molecule has 0 saturated heterocycles. The van der Waals surface area contributed by atoms with Gasteiger partial charge in [0.25, 0.3) is 0 Å². The molecule has 0 aromatic heterocycles. The van der Waals surface area contributed by atoms with Crippen molar-refractivity contribution in [2.24, 2.45) is 0 Å². The van der Waals surface area contributed by atoms with Crippen molar-refractivity contribution < 1.29 is 14.7 Å². The molecule has 1 saturated carbocycles. The lowest BCUT2D eigenvalue weighted by molar-refractivity contribution is -0.131. The largest absolute Gasteiger partial charge is 0.478 e. The first-order valence-corrected chi connectivity index (χ1v) is 2.71. The predicted octanol–water partition coefficient (Wildman–Crippen LogP) is 0.629. The van der Waals surface area contributed by atoms with Crippen LogP contribution in [0.3, 0.4) is 0 Å². The Morgan fingerprint density at radius 3 is 1.89 bits per heavy atom. The number of rotatable bonds is 1. The molecule has 1 rings (SSSR count). The standard InChI is InChI=1S/C3H2O3.C3H6/c4-2-1-3(5)6;1-2-3-1/h1H,(H,5,6);1-3H2. The molecule has 1 aliphatic carbocycles. The van der Waals surface area contributed by atoms with Crippen molar-refractivity contribution in [3.63, 3.8) is 0 Å². The van der Waals surface area contributed by atoms with Crippen LogP contribution in [0.1, 0.15) is 19.3 Å². The van der Waals surface area contributed by atoms with E-state index in [9.17, 15) is 4.79 Å². The van der Waals surface area contributed by atoms with Crippen molar-refractivity contribution in [2.45, 2.75) is 19.3 Å². The zero-order valence-corrected chi connectivity index (χ0v) is 4.96. The van der Waals surface area contributed by atoms with Gasteiger partial charge >= 0.3 is 5.97 Å². The molecule has 3 nitrogen and oxygen atoms in total.